The summed E-state index contributed by atoms with van der Waals surface area (Å²) < 4.78 is 14.9. The van der Waals surface area contributed by atoms with E-state index in [1.54, 1.807) is 27.9 Å². The summed E-state index contributed by atoms with van der Waals surface area (Å²) in [5, 5.41) is 7.85. The van der Waals surface area contributed by atoms with E-state index in [1.165, 1.54) is 12.1 Å². The summed E-state index contributed by atoms with van der Waals surface area (Å²) >= 11 is 0. The molecule has 0 aliphatic carbocycles. The van der Waals surface area contributed by atoms with Gasteiger partial charge in [0.05, 0.1) is 23.6 Å². The van der Waals surface area contributed by atoms with Gasteiger partial charge in [-0.1, -0.05) is 6.07 Å². The minimum atomic E-state index is -0.281. The van der Waals surface area contributed by atoms with Crippen molar-refractivity contribution in [3.8, 4) is 5.69 Å². The lowest BCUT2D eigenvalue weighted by atomic mass is 9.95. The van der Waals surface area contributed by atoms with Crippen LogP contribution in [-0.2, 0) is 11.3 Å². The van der Waals surface area contributed by atoms with Crippen molar-refractivity contribution in [2.45, 2.75) is 25.9 Å². The second kappa shape index (κ2) is 8.13. The molecule has 2 aromatic heterocycles. The maximum Gasteiger partial charge on any atom is 0.223 e. The van der Waals surface area contributed by atoms with Gasteiger partial charge in [-0.2, -0.15) is 5.10 Å². The average Bonchev–Trinajstić information content (AvgIpc) is 3.29. The minimum Gasteiger partial charge on any atom is -0.338 e. The van der Waals surface area contributed by atoms with Crippen LogP contribution in [-0.4, -0.2) is 39.2 Å². The maximum atomic E-state index is 13.2. The monoisotopic (exact) mass is 393 g/mol. The number of likely N-dealkylation sites (tertiary alicyclic amines) is 1. The van der Waals surface area contributed by atoms with Gasteiger partial charge in [-0.25, -0.2) is 9.07 Å². The van der Waals surface area contributed by atoms with Gasteiger partial charge in [0.15, 0.2) is 0 Å². The van der Waals surface area contributed by atoms with Crippen molar-refractivity contribution in [3.63, 3.8) is 0 Å². The fraction of sp³-hybridized carbons (Fsp3) is 0.318. The van der Waals surface area contributed by atoms with Crippen LogP contribution in [0.1, 0.15) is 29.3 Å². The predicted molar refractivity (Wildman–Crippen MR) is 108 cm³/mol. The van der Waals surface area contributed by atoms with E-state index in [-0.39, 0.29) is 23.7 Å². The molecule has 0 radical (unpaired) electrons. The predicted octanol–water partition coefficient (Wildman–Crippen LogP) is 3.02. The van der Waals surface area contributed by atoms with Crippen LogP contribution in [0.4, 0.5) is 4.39 Å². The summed E-state index contributed by atoms with van der Waals surface area (Å²) in [6.45, 7) is 3.38. The number of rotatable bonds is 6. The molecule has 1 aromatic carbocycles. The van der Waals surface area contributed by atoms with Crippen molar-refractivity contribution in [3.05, 3.63) is 77.6 Å². The van der Waals surface area contributed by atoms with Crippen LogP contribution in [0.15, 0.2) is 55.0 Å². The molecule has 4 rings (SSSR count). The highest BCUT2D eigenvalue weighted by atomic mass is 19.1. The van der Waals surface area contributed by atoms with Crippen LogP contribution in [0.25, 0.3) is 5.69 Å². The Morgan fingerprint density at radius 2 is 1.97 bits per heavy atom. The molecular weight excluding hydrogens is 369 g/mol. The molecule has 150 valence electrons. The molecule has 1 aliphatic heterocycles. The van der Waals surface area contributed by atoms with Gasteiger partial charge in [-0.3, -0.25) is 9.78 Å². The molecule has 1 saturated heterocycles. The van der Waals surface area contributed by atoms with E-state index >= 15 is 0 Å². The van der Waals surface area contributed by atoms with E-state index in [9.17, 15) is 9.18 Å². The summed E-state index contributed by atoms with van der Waals surface area (Å²) in [4.78, 5) is 18.6. The quantitative estimate of drug-likeness (QED) is 0.699. The first-order chi connectivity index (χ1) is 14.0. The van der Waals surface area contributed by atoms with Gasteiger partial charge >= 0.3 is 0 Å². The standard InChI is InChI=1S/C22H24FN5O/c1-15-3-6-19(25-10-15)13-24-11-16-9-21(29)27(2)22(16)17-12-26-28(14-17)20-7-4-18(23)5-8-20/h3-8,10,12,14,16,22,24H,9,11,13H2,1-2H3/t16-,22+/m0/s1. The first-order valence-electron chi connectivity index (χ1n) is 9.69. The molecule has 0 spiro atoms. The van der Waals surface area contributed by atoms with Crippen molar-refractivity contribution in [1.82, 2.24) is 25.0 Å². The topological polar surface area (TPSA) is 63.1 Å². The van der Waals surface area contributed by atoms with Crippen LogP contribution < -0.4 is 5.32 Å². The van der Waals surface area contributed by atoms with Crippen LogP contribution >= 0.6 is 0 Å². The van der Waals surface area contributed by atoms with Crippen LogP contribution in [0.5, 0.6) is 0 Å². The van der Waals surface area contributed by atoms with E-state index in [2.05, 4.69) is 15.4 Å². The molecule has 0 unspecified atom stereocenters. The Balaban J connectivity index is 1.46. The van der Waals surface area contributed by atoms with Gasteiger partial charge in [0.25, 0.3) is 0 Å². The van der Waals surface area contributed by atoms with Gasteiger partial charge in [0.1, 0.15) is 5.82 Å². The smallest absolute Gasteiger partial charge is 0.223 e. The lowest BCUT2D eigenvalue weighted by molar-refractivity contribution is -0.127. The second-order valence-corrected chi connectivity index (χ2v) is 7.57. The number of nitrogens with zero attached hydrogens (tertiary/aromatic N) is 4. The third-order valence-corrected chi connectivity index (χ3v) is 5.41. The molecule has 1 amide bonds. The van der Waals surface area contributed by atoms with Gasteiger partial charge in [-0.15, -0.1) is 0 Å². The first-order valence-corrected chi connectivity index (χ1v) is 9.69. The van der Waals surface area contributed by atoms with Gasteiger partial charge in [-0.05, 0) is 42.8 Å². The number of hydrogen-bond acceptors (Lipinski definition) is 4. The molecule has 1 aliphatic rings. The summed E-state index contributed by atoms with van der Waals surface area (Å²) in [6.07, 6.45) is 6.06. The number of carbonyl (C=O) groups is 1. The molecule has 0 saturated carbocycles. The Morgan fingerprint density at radius 1 is 1.17 bits per heavy atom. The van der Waals surface area contributed by atoms with Crippen molar-refractivity contribution in [1.29, 1.82) is 0 Å². The molecule has 1 N–H and O–H groups in total. The molecule has 2 atom stereocenters. The van der Waals surface area contributed by atoms with Crippen molar-refractivity contribution in [2.24, 2.45) is 5.92 Å². The second-order valence-electron chi connectivity index (χ2n) is 7.57. The van der Waals surface area contributed by atoms with E-state index in [1.807, 2.05) is 38.5 Å². The highest BCUT2D eigenvalue weighted by molar-refractivity contribution is 5.79. The van der Waals surface area contributed by atoms with E-state index in [0.717, 1.165) is 22.5 Å². The minimum absolute atomic E-state index is 0.0461. The van der Waals surface area contributed by atoms with E-state index < -0.39 is 0 Å². The summed E-state index contributed by atoms with van der Waals surface area (Å²) in [6, 6.07) is 10.2. The lowest BCUT2D eigenvalue weighted by Crippen LogP contribution is -2.29. The third kappa shape index (κ3) is 4.19. The number of pyridine rings is 1. The SMILES string of the molecule is Cc1ccc(CNC[C@@H]2CC(=O)N(C)[C@H]2c2cnn(-c3ccc(F)cc3)c2)nc1. The van der Waals surface area contributed by atoms with Crippen molar-refractivity contribution in [2.75, 3.05) is 13.6 Å². The number of amides is 1. The summed E-state index contributed by atoms with van der Waals surface area (Å²) in [5.74, 6) is -0.00920. The zero-order chi connectivity index (χ0) is 20.4. The Hall–Kier alpha value is -3.06. The van der Waals surface area contributed by atoms with Gasteiger partial charge < -0.3 is 10.2 Å². The Kier molecular flexibility index (Phi) is 5.40. The van der Waals surface area contributed by atoms with Crippen LogP contribution in [0.2, 0.25) is 0 Å². The number of aromatic nitrogens is 3. The van der Waals surface area contributed by atoms with Gasteiger partial charge in [0, 0.05) is 50.4 Å². The third-order valence-electron chi connectivity index (χ3n) is 5.41. The highest BCUT2D eigenvalue weighted by Gasteiger charge is 2.38. The fourth-order valence-corrected chi connectivity index (χ4v) is 3.84. The molecule has 29 heavy (non-hydrogen) atoms. The molecule has 1 fully saturated rings. The largest absolute Gasteiger partial charge is 0.338 e. The number of hydrogen-bond donors (Lipinski definition) is 1. The Morgan fingerprint density at radius 3 is 2.69 bits per heavy atom. The number of nitrogens with one attached hydrogen (secondary N) is 1. The van der Waals surface area contributed by atoms with E-state index in [0.29, 0.717) is 19.5 Å². The van der Waals surface area contributed by atoms with Crippen LogP contribution in [0, 0.1) is 18.7 Å². The van der Waals surface area contributed by atoms with E-state index in [4.69, 9.17) is 0 Å². The highest BCUT2D eigenvalue weighted by Crippen LogP contribution is 2.36. The molecule has 3 heterocycles. The molecule has 0 bridgehead atoms. The first kappa shape index (κ1) is 19.3. The average molecular weight is 393 g/mol. The summed E-state index contributed by atoms with van der Waals surface area (Å²) in [5.41, 5.74) is 3.87. The lowest BCUT2D eigenvalue weighted by Gasteiger charge is -2.24. The normalized spacial score (nSPS) is 19.1. The number of carbonyl (C=O) groups excluding carboxylic acids is 1. The van der Waals surface area contributed by atoms with Crippen LogP contribution in [0.3, 0.4) is 0 Å². The number of benzene rings is 1. The number of halogens is 1. The van der Waals surface area contributed by atoms with Gasteiger partial charge in [0.2, 0.25) is 5.91 Å². The zero-order valence-electron chi connectivity index (χ0n) is 16.5. The maximum absolute atomic E-state index is 13.2. The van der Waals surface area contributed by atoms with Crippen molar-refractivity contribution >= 4 is 5.91 Å². The summed E-state index contributed by atoms with van der Waals surface area (Å²) in [7, 11) is 1.84. The fourth-order valence-electron chi connectivity index (χ4n) is 3.84. The van der Waals surface area contributed by atoms with Crippen molar-refractivity contribution < 1.29 is 9.18 Å². The Bertz CT molecular complexity index is 983. The molecule has 7 heteroatoms. The number of aryl methyl sites for hydroxylation is 1. The molecular formula is C22H24FN5O. The Labute approximate surface area is 169 Å². The zero-order valence-corrected chi connectivity index (χ0v) is 16.5. The molecule has 3 aromatic rings. The molecule has 6 nitrogen and oxygen atoms in total.